The Morgan fingerprint density at radius 1 is 1.21 bits per heavy atom. The number of carbonyl (C=O) groups is 1. The topological polar surface area (TPSA) is 37.3 Å². The van der Waals surface area contributed by atoms with Gasteiger partial charge in [0.2, 0.25) is 0 Å². The Kier molecular flexibility index (Phi) is 9.30. The molecule has 0 fully saturated rings. The predicted molar refractivity (Wildman–Crippen MR) is 88.3 cm³/mol. The van der Waals surface area contributed by atoms with E-state index in [2.05, 4.69) is 24.8 Å². The van der Waals surface area contributed by atoms with Crippen LogP contribution in [0.3, 0.4) is 0 Å². The van der Waals surface area contributed by atoms with Crippen molar-refractivity contribution in [2.45, 2.75) is 42.2 Å². The molecule has 1 atom stereocenters. The van der Waals surface area contributed by atoms with E-state index < -0.39 is 5.97 Å². The average molecular weight is 317 g/mol. The van der Waals surface area contributed by atoms with Crippen molar-refractivity contribution in [1.82, 2.24) is 0 Å². The highest BCUT2D eigenvalue weighted by molar-refractivity contribution is 8.76. The van der Waals surface area contributed by atoms with Gasteiger partial charge in [0, 0.05) is 16.6 Å². The monoisotopic (exact) mass is 316 g/mol. The lowest BCUT2D eigenvalue weighted by Gasteiger charge is -2.14. The summed E-state index contributed by atoms with van der Waals surface area (Å²) < 4.78 is 0. The fourth-order valence-corrected chi connectivity index (χ4v) is 4.76. The highest BCUT2D eigenvalue weighted by Gasteiger charge is 2.10. The van der Waals surface area contributed by atoms with Crippen LogP contribution in [-0.2, 0) is 4.79 Å². The van der Waals surface area contributed by atoms with Gasteiger partial charge in [-0.1, -0.05) is 46.2 Å². The molecular weight excluding hydrogens is 296 g/mol. The maximum Gasteiger partial charge on any atom is 0.303 e. The van der Waals surface area contributed by atoms with Crippen molar-refractivity contribution in [2.24, 2.45) is 0 Å². The quantitative estimate of drug-likeness (QED) is 0.371. The predicted octanol–water partition coefficient (Wildman–Crippen LogP) is 4.76. The third kappa shape index (κ3) is 8.50. The molecule has 0 bridgehead atoms. The number of hydrogen-bond donors (Lipinski definition) is 2. The van der Waals surface area contributed by atoms with Gasteiger partial charge in [0.25, 0.3) is 0 Å². The van der Waals surface area contributed by atoms with Crippen molar-refractivity contribution < 1.29 is 9.90 Å². The fraction of sp³-hybridized carbons (Fsp3) is 0.500. The lowest BCUT2D eigenvalue weighted by atomic mass is 10.1. The molecule has 0 spiro atoms. The van der Waals surface area contributed by atoms with Crippen LogP contribution in [0.4, 0.5) is 0 Å². The first kappa shape index (κ1) is 16.8. The minimum Gasteiger partial charge on any atom is -0.481 e. The van der Waals surface area contributed by atoms with Crippen LogP contribution in [0.2, 0.25) is 0 Å². The Bertz CT molecular complexity index is 357. The molecule has 0 radical (unpaired) electrons. The van der Waals surface area contributed by atoms with E-state index in [-0.39, 0.29) is 6.42 Å². The lowest BCUT2D eigenvalue weighted by molar-refractivity contribution is -0.137. The molecule has 2 nitrogen and oxygen atoms in total. The molecule has 0 aliphatic heterocycles. The Balaban J connectivity index is 2.25. The van der Waals surface area contributed by atoms with Crippen molar-refractivity contribution in [3.05, 3.63) is 30.3 Å². The largest absolute Gasteiger partial charge is 0.481 e. The Morgan fingerprint density at radius 2 is 1.95 bits per heavy atom. The second kappa shape index (κ2) is 10.5. The molecule has 0 saturated carbocycles. The van der Waals surface area contributed by atoms with Gasteiger partial charge in [-0.2, -0.15) is 12.6 Å². The average Bonchev–Trinajstić information content (AvgIpc) is 2.41. The van der Waals surface area contributed by atoms with Crippen molar-refractivity contribution in [3.63, 3.8) is 0 Å². The van der Waals surface area contributed by atoms with E-state index in [0.29, 0.717) is 5.25 Å². The number of thiol groups is 1. The molecule has 1 unspecified atom stereocenters. The van der Waals surface area contributed by atoms with Crippen LogP contribution < -0.4 is 0 Å². The zero-order valence-electron chi connectivity index (χ0n) is 10.8. The van der Waals surface area contributed by atoms with Gasteiger partial charge >= 0.3 is 5.97 Å². The highest BCUT2D eigenvalue weighted by Crippen LogP contribution is 2.37. The van der Waals surface area contributed by atoms with Gasteiger partial charge in [-0.15, -0.1) is 0 Å². The van der Waals surface area contributed by atoms with Crippen molar-refractivity contribution >= 4 is 40.2 Å². The van der Waals surface area contributed by atoms with Crippen LogP contribution in [0, 0.1) is 0 Å². The minimum atomic E-state index is -0.697. The van der Waals surface area contributed by atoms with Crippen LogP contribution >= 0.6 is 34.2 Å². The van der Waals surface area contributed by atoms with Gasteiger partial charge in [-0.25, -0.2) is 0 Å². The summed E-state index contributed by atoms with van der Waals surface area (Å²) in [6.45, 7) is 0. The summed E-state index contributed by atoms with van der Waals surface area (Å²) in [7, 11) is 3.68. The molecular formula is C14H20O2S3. The molecule has 1 N–H and O–H groups in total. The molecule has 0 aliphatic carbocycles. The highest BCUT2D eigenvalue weighted by atomic mass is 33.1. The van der Waals surface area contributed by atoms with Gasteiger partial charge in [0.05, 0.1) is 0 Å². The summed E-state index contributed by atoms with van der Waals surface area (Å²) in [6.07, 6.45) is 4.17. The van der Waals surface area contributed by atoms with Crippen LogP contribution in [-0.4, -0.2) is 22.1 Å². The van der Waals surface area contributed by atoms with E-state index >= 15 is 0 Å². The molecule has 1 aromatic rings. The van der Waals surface area contributed by atoms with Crippen LogP contribution in [0.15, 0.2) is 35.2 Å². The Morgan fingerprint density at radius 3 is 2.58 bits per heavy atom. The molecule has 0 aromatic heterocycles. The summed E-state index contributed by atoms with van der Waals surface area (Å²) in [5, 5.41) is 9.16. The number of rotatable bonds is 10. The Hall–Kier alpha value is -0.260. The summed E-state index contributed by atoms with van der Waals surface area (Å²) >= 11 is 4.30. The molecule has 1 rings (SSSR count). The van der Waals surface area contributed by atoms with E-state index in [4.69, 9.17) is 5.11 Å². The van der Waals surface area contributed by atoms with Gasteiger partial charge in [-0.05, 0) is 37.1 Å². The molecule has 0 saturated heterocycles. The number of unbranched alkanes of at least 4 members (excludes halogenated alkanes) is 1. The standard InChI is InChI=1S/C14H20O2S3/c15-14(16)9-5-4-8-13(10-11-17)19-18-12-6-2-1-3-7-12/h1-3,6-7,13,17H,4-5,8-11H2,(H,15,16). The molecule has 106 valence electrons. The van der Waals surface area contributed by atoms with E-state index in [1.165, 1.54) is 4.90 Å². The molecule has 1 aromatic carbocycles. The summed E-state index contributed by atoms with van der Waals surface area (Å²) in [6, 6.07) is 10.3. The first-order valence-electron chi connectivity index (χ1n) is 6.43. The van der Waals surface area contributed by atoms with E-state index in [1.54, 1.807) is 10.8 Å². The van der Waals surface area contributed by atoms with Gasteiger partial charge in [0.1, 0.15) is 0 Å². The second-order valence-corrected chi connectivity index (χ2v) is 7.29. The molecule has 0 amide bonds. The summed E-state index contributed by atoms with van der Waals surface area (Å²) in [4.78, 5) is 11.7. The molecule has 0 heterocycles. The van der Waals surface area contributed by atoms with Crippen molar-refractivity contribution in [1.29, 1.82) is 0 Å². The Labute approximate surface area is 128 Å². The molecule has 5 heteroatoms. The van der Waals surface area contributed by atoms with E-state index in [9.17, 15) is 4.79 Å². The lowest BCUT2D eigenvalue weighted by Crippen LogP contribution is -2.03. The van der Waals surface area contributed by atoms with Gasteiger partial charge in [-0.3, -0.25) is 4.79 Å². The van der Waals surface area contributed by atoms with Crippen LogP contribution in [0.5, 0.6) is 0 Å². The zero-order chi connectivity index (χ0) is 13.9. The van der Waals surface area contributed by atoms with E-state index in [0.717, 1.165) is 31.4 Å². The van der Waals surface area contributed by atoms with Crippen molar-refractivity contribution in [2.75, 3.05) is 5.75 Å². The normalized spacial score (nSPS) is 12.3. The maximum atomic E-state index is 10.5. The number of carboxylic acid groups (broad SMARTS) is 1. The summed E-state index contributed by atoms with van der Waals surface area (Å²) in [5.41, 5.74) is 0. The van der Waals surface area contributed by atoms with Crippen LogP contribution in [0.1, 0.15) is 32.1 Å². The van der Waals surface area contributed by atoms with E-state index in [1.807, 2.05) is 29.0 Å². The number of carboxylic acids is 1. The number of hydrogen-bond acceptors (Lipinski definition) is 4. The third-order valence-corrected chi connectivity index (χ3v) is 5.89. The first-order valence-corrected chi connectivity index (χ1v) is 9.28. The first-order chi connectivity index (χ1) is 9.22. The summed E-state index contributed by atoms with van der Waals surface area (Å²) in [5.74, 6) is 0.184. The zero-order valence-corrected chi connectivity index (χ0v) is 13.4. The number of benzene rings is 1. The van der Waals surface area contributed by atoms with Gasteiger partial charge < -0.3 is 5.11 Å². The second-order valence-electron chi connectivity index (χ2n) is 4.27. The molecule has 19 heavy (non-hydrogen) atoms. The van der Waals surface area contributed by atoms with Crippen molar-refractivity contribution in [3.8, 4) is 0 Å². The molecule has 0 aliphatic rings. The number of aliphatic carboxylic acids is 1. The fourth-order valence-electron chi connectivity index (χ4n) is 1.63. The third-order valence-electron chi connectivity index (χ3n) is 2.64. The minimum absolute atomic E-state index is 0.282. The smallest absolute Gasteiger partial charge is 0.303 e. The SMILES string of the molecule is O=C(O)CCCCC(CCS)SSc1ccccc1. The van der Waals surface area contributed by atoms with Crippen LogP contribution in [0.25, 0.3) is 0 Å². The van der Waals surface area contributed by atoms with Gasteiger partial charge in [0.15, 0.2) is 0 Å². The maximum absolute atomic E-state index is 10.5.